The molecule has 4 aliphatic carbocycles. The number of rotatable bonds is 3. The molecule has 1 aromatic heterocycles. The molecule has 5 nitrogen and oxygen atoms in total. The Kier molecular flexibility index (Phi) is 2.50. The summed E-state index contributed by atoms with van der Waals surface area (Å²) in [6.07, 6.45) is 8.46. The number of hydrogen-bond donors (Lipinski definition) is 1. The quantitative estimate of drug-likeness (QED) is 0.894. The first-order chi connectivity index (χ1) is 9.20. The summed E-state index contributed by atoms with van der Waals surface area (Å²) in [5, 5.41) is 12.1. The second-order valence-corrected chi connectivity index (χ2v) is 7.23. The van der Waals surface area contributed by atoms with Gasteiger partial charge in [0.15, 0.2) is 5.82 Å². The predicted octanol–water partition coefficient (Wildman–Crippen LogP) is 1.47. The summed E-state index contributed by atoms with van der Waals surface area (Å²) < 4.78 is 1.83. The molecule has 0 amide bonds. The van der Waals surface area contributed by atoms with E-state index in [4.69, 9.17) is 5.73 Å². The minimum atomic E-state index is 0.348. The molecule has 104 valence electrons. The van der Waals surface area contributed by atoms with E-state index in [0.29, 0.717) is 17.9 Å². The summed E-state index contributed by atoms with van der Waals surface area (Å²) in [6.45, 7) is 0.681. The average Bonchev–Trinajstić information content (AvgIpc) is 2.74. The molecule has 4 aliphatic rings. The molecule has 1 atom stereocenters. The van der Waals surface area contributed by atoms with Crippen molar-refractivity contribution in [3.8, 4) is 0 Å². The highest BCUT2D eigenvalue weighted by Gasteiger charge is 2.55. The van der Waals surface area contributed by atoms with Gasteiger partial charge in [-0.25, -0.2) is 4.68 Å². The van der Waals surface area contributed by atoms with Gasteiger partial charge in [0, 0.05) is 19.5 Å². The first kappa shape index (κ1) is 11.8. The van der Waals surface area contributed by atoms with Gasteiger partial charge >= 0.3 is 0 Å². The summed E-state index contributed by atoms with van der Waals surface area (Å²) in [7, 11) is 1.94. The molecule has 0 spiro atoms. The SMILES string of the molecule is Cn1nnnc1C(CN)C12CC3CC(CC(C3)C1)C2. The molecule has 2 N–H and O–H groups in total. The molecule has 5 heteroatoms. The van der Waals surface area contributed by atoms with E-state index in [2.05, 4.69) is 15.5 Å². The molecular formula is C14H23N5. The Morgan fingerprint density at radius 2 is 1.79 bits per heavy atom. The van der Waals surface area contributed by atoms with Gasteiger partial charge < -0.3 is 5.73 Å². The maximum absolute atomic E-state index is 6.15. The van der Waals surface area contributed by atoms with Gasteiger partial charge in [0.1, 0.15) is 0 Å². The second kappa shape index (κ2) is 4.01. The van der Waals surface area contributed by atoms with E-state index in [1.54, 1.807) is 0 Å². The van der Waals surface area contributed by atoms with Gasteiger partial charge in [-0.05, 0) is 72.1 Å². The Morgan fingerprint density at radius 1 is 1.21 bits per heavy atom. The number of hydrogen-bond acceptors (Lipinski definition) is 4. The molecule has 1 heterocycles. The third-order valence-electron chi connectivity index (χ3n) is 6.03. The van der Waals surface area contributed by atoms with E-state index in [0.717, 1.165) is 23.6 Å². The van der Waals surface area contributed by atoms with Crippen LogP contribution >= 0.6 is 0 Å². The van der Waals surface area contributed by atoms with E-state index in [1.807, 2.05) is 11.7 Å². The van der Waals surface area contributed by atoms with Gasteiger partial charge in [-0.15, -0.1) is 5.10 Å². The third kappa shape index (κ3) is 1.67. The van der Waals surface area contributed by atoms with Crippen molar-refractivity contribution >= 4 is 0 Å². The zero-order valence-corrected chi connectivity index (χ0v) is 11.6. The fraction of sp³-hybridized carbons (Fsp3) is 0.929. The van der Waals surface area contributed by atoms with Crippen molar-refractivity contribution in [3.63, 3.8) is 0 Å². The fourth-order valence-corrected chi connectivity index (χ4v) is 5.77. The number of aromatic nitrogens is 4. The molecule has 0 saturated heterocycles. The van der Waals surface area contributed by atoms with Crippen molar-refractivity contribution in [2.24, 2.45) is 36.0 Å². The lowest BCUT2D eigenvalue weighted by molar-refractivity contribution is -0.0690. The Morgan fingerprint density at radius 3 is 2.21 bits per heavy atom. The monoisotopic (exact) mass is 261 g/mol. The van der Waals surface area contributed by atoms with E-state index < -0.39 is 0 Å². The standard InChI is InChI=1S/C14H23N5/c1-19-13(16-17-18-19)12(8-15)14-5-9-2-10(6-14)4-11(3-9)7-14/h9-12H,2-8,15H2,1H3. The minimum absolute atomic E-state index is 0.348. The average molecular weight is 261 g/mol. The van der Waals surface area contributed by atoms with Crippen molar-refractivity contribution in [2.45, 2.75) is 44.4 Å². The van der Waals surface area contributed by atoms with Crippen LogP contribution in [-0.4, -0.2) is 26.8 Å². The summed E-state index contributed by atoms with van der Waals surface area (Å²) >= 11 is 0. The van der Waals surface area contributed by atoms with E-state index in [9.17, 15) is 0 Å². The van der Waals surface area contributed by atoms with Crippen LogP contribution < -0.4 is 5.73 Å². The Balaban J connectivity index is 1.72. The first-order valence-electron chi connectivity index (χ1n) is 7.62. The Bertz CT molecular complexity index is 445. The van der Waals surface area contributed by atoms with Crippen LogP contribution in [0.4, 0.5) is 0 Å². The normalized spacial score (nSPS) is 41.7. The smallest absolute Gasteiger partial charge is 0.155 e. The van der Waals surface area contributed by atoms with E-state index in [-0.39, 0.29) is 0 Å². The summed E-state index contributed by atoms with van der Waals surface area (Å²) in [5.41, 5.74) is 6.54. The lowest BCUT2D eigenvalue weighted by atomic mass is 9.46. The number of tetrazole rings is 1. The molecule has 4 bridgehead atoms. The largest absolute Gasteiger partial charge is 0.330 e. The molecule has 1 aromatic rings. The van der Waals surface area contributed by atoms with Gasteiger partial charge in [-0.1, -0.05) is 0 Å². The highest BCUT2D eigenvalue weighted by Crippen LogP contribution is 2.64. The molecule has 4 fully saturated rings. The molecule has 19 heavy (non-hydrogen) atoms. The highest BCUT2D eigenvalue weighted by molar-refractivity contribution is 5.12. The van der Waals surface area contributed by atoms with Crippen LogP contribution in [0.2, 0.25) is 0 Å². The van der Waals surface area contributed by atoms with Crippen LogP contribution in [0.1, 0.15) is 50.3 Å². The number of nitrogens with zero attached hydrogens (tertiary/aromatic N) is 4. The van der Waals surface area contributed by atoms with Gasteiger partial charge in [0.05, 0.1) is 0 Å². The van der Waals surface area contributed by atoms with Crippen LogP contribution in [0.3, 0.4) is 0 Å². The zero-order valence-electron chi connectivity index (χ0n) is 11.6. The predicted molar refractivity (Wildman–Crippen MR) is 71.2 cm³/mol. The molecular weight excluding hydrogens is 238 g/mol. The summed E-state index contributed by atoms with van der Waals surface area (Å²) in [4.78, 5) is 0. The van der Waals surface area contributed by atoms with Gasteiger partial charge in [0.25, 0.3) is 0 Å². The lowest BCUT2D eigenvalue weighted by Gasteiger charge is -2.59. The lowest BCUT2D eigenvalue weighted by Crippen LogP contribution is -2.50. The van der Waals surface area contributed by atoms with E-state index in [1.165, 1.54) is 38.5 Å². The zero-order chi connectivity index (χ0) is 13.0. The number of nitrogens with two attached hydrogens (primary N) is 1. The molecule has 0 radical (unpaired) electrons. The molecule has 1 unspecified atom stereocenters. The maximum Gasteiger partial charge on any atom is 0.155 e. The minimum Gasteiger partial charge on any atom is -0.330 e. The van der Waals surface area contributed by atoms with Crippen LogP contribution in [0.15, 0.2) is 0 Å². The molecule has 5 rings (SSSR count). The van der Waals surface area contributed by atoms with Crippen LogP contribution in [-0.2, 0) is 7.05 Å². The van der Waals surface area contributed by atoms with Crippen molar-refractivity contribution in [1.29, 1.82) is 0 Å². The van der Waals surface area contributed by atoms with E-state index >= 15 is 0 Å². The fourth-order valence-electron chi connectivity index (χ4n) is 5.77. The van der Waals surface area contributed by atoms with Crippen LogP contribution in [0.5, 0.6) is 0 Å². The second-order valence-electron chi connectivity index (χ2n) is 7.23. The van der Waals surface area contributed by atoms with Crippen LogP contribution in [0, 0.1) is 23.2 Å². The molecule has 0 aromatic carbocycles. The summed E-state index contributed by atoms with van der Waals surface area (Å²) in [5.74, 6) is 4.19. The molecule has 4 saturated carbocycles. The van der Waals surface area contributed by atoms with Crippen molar-refractivity contribution in [2.75, 3.05) is 6.54 Å². The Labute approximate surface area is 113 Å². The van der Waals surface area contributed by atoms with Crippen molar-refractivity contribution < 1.29 is 0 Å². The summed E-state index contributed by atoms with van der Waals surface area (Å²) in [6, 6.07) is 0. The number of aryl methyl sites for hydroxylation is 1. The van der Waals surface area contributed by atoms with Gasteiger partial charge in [-0.3, -0.25) is 0 Å². The Hall–Kier alpha value is -0.970. The first-order valence-corrected chi connectivity index (χ1v) is 7.62. The maximum atomic E-state index is 6.15. The van der Waals surface area contributed by atoms with Gasteiger partial charge in [-0.2, -0.15) is 0 Å². The topological polar surface area (TPSA) is 69.6 Å². The van der Waals surface area contributed by atoms with Gasteiger partial charge in [0.2, 0.25) is 0 Å². The molecule has 0 aliphatic heterocycles. The van der Waals surface area contributed by atoms with Crippen LogP contribution in [0.25, 0.3) is 0 Å². The third-order valence-corrected chi connectivity index (χ3v) is 6.03. The van der Waals surface area contributed by atoms with Crippen molar-refractivity contribution in [1.82, 2.24) is 20.2 Å². The van der Waals surface area contributed by atoms with Crippen molar-refractivity contribution in [3.05, 3.63) is 5.82 Å². The highest BCUT2D eigenvalue weighted by atomic mass is 15.5.